The second-order valence-electron chi connectivity index (χ2n) is 15.0. The Hall–Kier alpha value is -1.50. The lowest BCUT2D eigenvalue weighted by molar-refractivity contribution is -0.104. The average molecular weight is 500 g/mol. The van der Waals surface area contributed by atoms with Gasteiger partial charge in [-0.2, -0.15) is 0 Å². The van der Waals surface area contributed by atoms with Crippen LogP contribution in [0.25, 0.3) is 0 Å². The number of fused-ring (bicyclic) bond motifs is 6. The van der Waals surface area contributed by atoms with Crippen molar-refractivity contribution in [2.24, 2.45) is 52.3 Å². The Balaban J connectivity index is 1.20. The van der Waals surface area contributed by atoms with Crippen LogP contribution in [0.2, 0.25) is 0 Å². The first kappa shape index (κ1) is 25.8. The van der Waals surface area contributed by atoms with Gasteiger partial charge < -0.3 is 4.57 Å². The maximum absolute atomic E-state index is 2.75. The molecule has 1 aromatic heterocycles. The number of rotatable bonds is 7. The van der Waals surface area contributed by atoms with E-state index in [4.69, 9.17) is 0 Å². The van der Waals surface area contributed by atoms with E-state index in [0.717, 1.165) is 48.0 Å². The molecule has 2 aromatic rings. The van der Waals surface area contributed by atoms with Gasteiger partial charge in [0.15, 0.2) is 0 Å². The van der Waals surface area contributed by atoms with Crippen molar-refractivity contribution in [3.05, 3.63) is 59.4 Å². The number of aromatic nitrogens is 1. The van der Waals surface area contributed by atoms with Crippen molar-refractivity contribution < 1.29 is 0 Å². The molecular formula is C36H53N. The van der Waals surface area contributed by atoms with Crippen LogP contribution in [-0.4, -0.2) is 4.57 Å². The van der Waals surface area contributed by atoms with Crippen LogP contribution in [-0.2, 0) is 19.4 Å². The van der Waals surface area contributed by atoms with Crippen LogP contribution >= 0.6 is 0 Å². The van der Waals surface area contributed by atoms with Gasteiger partial charge in [0.1, 0.15) is 0 Å². The number of hydrogen-bond donors (Lipinski definition) is 0. The van der Waals surface area contributed by atoms with Crippen LogP contribution in [0.5, 0.6) is 0 Å². The van der Waals surface area contributed by atoms with Gasteiger partial charge in [0.25, 0.3) is 0 Å². The van der Waals surface area contributed by atoms with E-state index in [1.54, 1.807) is 11.3 Å². The van der Waals surface area contributed by atoms with Crippen molar-refractivity contribution in [1.29, 1.82) is 0 Å². The summed E-state index contributed by atoms with van der Waals surface area (Å²) in [6.45, 7) is 13.9. The minimum Gasteiger partial charge on any atom is -0.347 e. The molecule has 1 heteroatoms. The third-order valence-electron chi connectivity index (χ3n) is 12.6. The van der Waals surface area contributed by atoms with Crippen molar-refractivity contribution >= 4 is 0 Å². The molecule has 37 heavy (non-hydrogen) atoms. The van der Waals surface area contributed by atoms with Crippen molar-refractivity contribution in [2.45, 2.75) is 112 Å². The lowest BCUT2D eigenvalue weighted by atomic mass is 9.44. The van der Waals surface area contributed by atoms with Crippen LogP contribution < -0.4 is 0 Å². The Labute approximate surface area is 227 Å². The van der Waals surface area contributed by atoms with E-state index in [-0.39, 0.29) is 0 Å². The summed E-state index contributed by atoms with van der Waals surface area (Å²) >= 11 is 0. The van der Waals surface area contributed by atoms with Gasteiger partial charge in [-0.25, -0.2) is 0 Å². The second kappa shape index (κ2) is 9.91. The fourth-order valence-corrected chi connectivity index (χ4v) is 10.7. The molecular weight excluding hydrogens is 446 g/mol. The molecule has 0 amide bonds. The summed E-state index contributed by atoms with van der Waals surface area (Å²) in [6, 6.07) is 13.6. The van der Waals surface area contributed by atoms with E-state index < -0.39 is 0 Å². The molecule has 4 aliphatic rings. The minimum atomic E-state index is 0.491. The Bertz CT molecular complexity index is 1060. The zero-order valence-electron chi connectivity index (χ0n) is 24.5. The lowest BCUT2D eigenvalue weighted by Gasteiger charge is -2.60. The van der Waals surface area contributed by atoms with E-state index in [2.05, 4.69) is 81.8 Å². The second-order valence-corrected chi connectivity index (χ2v) is 15.0. The summed E-state index contributed by atoms with van der Waals surface area (Å²) in [5.41, 5.74) is 5.86. The van der Waals surface area contributed by atoms with E-state index >= 15 is 0 Å². The Morgan fingerprint density at radius 2 is 1.65 bits per heavy atom. The molecule has 0 bridgehead atoms. The van der Waals surface area contributed by atoms with Crippen LogP contribution in [0.3, 0.4) is 0 Å². The Morgan fingerprint density at radius 1 is 0.865 bits per heavy atom. The largest absolute Gasteiger partial charge is 0.347 e. The number of benzene rings is 1. The van der Waals surface area contributed by atoms with Crippen molar-refractivity contribution in [2.75, 3.05) is 0 Å². The van der Waals surface area contributed by atoms with Gasteiger partial charge in [-0.1, -0.05) is 84.2 Å². The summed E-state index contributed by atoms with van der Waals surface area (Å²) in [7, 11) is 0. The molecule has 0 saturated heterocycles. The highest BCUT2D eigenvalue weighted by molar-refractivity contribution is 5.31. The van der Waals surface area contributed by atoms with Crippen LogP contribution in [0.1, 0.15) is 109 Å². The zero-order valence-corrected chi connectivity index (χ0v) is 24.5. The van der Waals surface area contributed by atoms with Gasteiger partial charge in [-0.15, -0.1) is 0 Å². The standard InChI is InChI=1S/C36H53N/c1-25(2)10-9-11-26(3)31-16-17-32-30-15-14-29-22-28-19-21-37(24-27-12-7-6-8-13-27)34(28)23-36(29,5)33(30)18-20-35(31,32)4/h6-8,12-13,19,21,25-26,29-33H,9-11,14-18,20,22-24H2,1-5H3/t26-,29+,30+,31-,32+,33+,35-,36+/m1/s1. The molecule has 0 aliphatic heterocycles. The first-order chi connectivity index (χ1) is 17.8. The normalized spacial score (nSPS) is 37.5. The zero-order chi connectivity index (χ0) is 25.8. The third-order valence-corrected chi connectivity index (χ3v) is 12.6. The van der Waals surface area contributed by atoms with Gasteiger partial charge in [0.2, 0.25) is 0 Å². The van der Waals surface area contributed by atoms with Crippen molar-refractivity contribution in [3.63, 3.8) is 0 Å². The Morgan fingerprint density at radius 3 is 2.43 bits per heavy atom. The minimum absolute atomic E-state index is 0.491. The summed E-state index contributed by atoms with van der Waals surface area (Å²) in [6.07, 6.45) is 18.4. The molecule has 3 saturated carbocycles. The summed E-state index contributed by atoms with van der Waals surface area (Å²) in [5, 5.41) is 0. The number of nitrogens with zero attached hydrogens (tertiary/aromatic N) is 1. The van der Waals surface area contributed by atoms with Gasteiger partial charge in [0.05, 0.1) is 0 Å². The maximum Gasteiger partial charge on any atom is 0.0472 e. The predicted molar refractivity (Wildman–Crippen MR) is 157 cm³/mol. The smallest absolute Gasteiger partial charge is 0.0472 e. The van der Waals surface area contributed by atoms with E-state index in [9.17, 15) is 0 Å². The summed E-state index contributed by atoms with van der Waals surface area (Å²) < 4.78 is 2.60. The van der Waals surface area contributed by atoms with Crippen molar-refractivity contribution in [3.8, 4) is 0 Å². The molecule has 202 valence electrons. The molecule has 6 rings (SSSR count). The highest BCUT2D eigenvalue weighted by Crippen LogP contribution is 2.68. The van der Waals surface area contributed by atoms with Crippen LogP contribution in [0, 0.1) is 52.3 Å². The van der Waals surface area contributed by atoms with E-state index in [1.807, 2.05) is 0 Å². The van der Waals surface area contributed by atoms with E-state index in [0.29, 0.717) is 10.8 Å². The van der Waals surface area contributed by atoms with Gasteiger partial charge in [-0.05, 0) is 121 Å². The maximum atomic E-state index is 2.75. The molecule has 8 atom stereocenters. The first-order valence-corrected chi connectivity index (χ1v) is 16.0. The molecule has 1 nitrogen and oxygen atoms in total. The van der Waals surface area contributed by atoms with Gasteiger partial charge in [-0.3, -0.25) is 0 Å². The van der Waals surface area contributed by atoms with E-state index in [1.165, 1.54) is 76.2 Å². The lowest BCUT2D eigenvalue weighted by Crippen LogP contribution is -2.54. The first-order valence-electron chi connectivity index (χ1n) is 16.0. The number of hydrogen-bond acceptors (Lipinski definition) is 0. The molecule has 1 aromatic carbocycles. The monoisotopic (exact) mass is 499 g/mol. The molecule has 0 N–H and O–H groups in total. The summed E-state index contributed by atoms with van der Waals surface area (Å²) in [5.74, 6) is 6.53. The van der Waals surface area contributed by atoms with Crippen molar-refractivity contribution in [1.82, 2.24) is 4.57 Å². The van der Waals surface area contributed by atoms with Gasteiger partial charge in [0, 0.05) is 18.4 Å². The quantitative estimate of drug-likeness (QED) is 0.357. The van der Waals surface area contributed by atoms with Crippen LogP contribution in [0.15, 0.2) is 42.6 Å². The summed E-state index contributed by atoms with van der Waals surface area (Å²) in [4.78, 5) is 0. The fraction of sp³-hybridized carbons (Fsp3) is 0.722. The highest BCUT2D eigenvalue weighted by atomic mass is 15.0. The Kier molecular flexibility index (Phi) is 6.90. The average Bonchev–Trinajstić information content (AvgIpc) is 3.42. The molecule has 0 spiro atoms. The molecule has 3 fully saturated rings. The molecule has 0 unspecified atom stereocenters. The SMILES string of the molecule is CC(C)CCC[C@@H](C)[C@H]1CC[C@H]2[C@@H]3CC[C@H]4Cc5ccn(Cc6ccccc6)c5C[C@]4(C)[C@H]3CC[C@]12C. The van der Waals surface area contributed by atoms with Gasteiger partial charge >= 0.3 is 0 Å². The third kappa shape index (κ3) is 4.45. The predicted octanol–water partition coefficient (Wildman–Crippen LogP) is 9.57. The molecule has 1 heterocycles. The highest BCUT2D eigenvalue weighted by Gasteiger charge is 2.60. The fourth-order valence-electron chi connectivity index (χ4n) is 10.7. The molecule has 0 radical (unpaired) electrons. The van der Waals surface area contributed by atoms with Crippen LogP contribution in [0.4, 0.5) is 0 Å². The molecule has 4 aliphatic carbocycles. The topological polar surface area (TPSA) is 4.93 Å².